The van der Waals surface area contributed by atoms with E-state index in [1.807, 2.05) is 43.3 Å². The number of hydrogen-bond donors (Lipinski definition) is 0. The number of carbonyl (C=O) groups is 2. The zero-order valence-corrected chi connectivity index (χ0v) is 19.6. The number of aryl methyl sites for hydroxylation is 1. The molecule has 1 heterocycles. The summed E-state index contributed by atoms with van der Waals surface area (Å²) in [4.78, 5) is 26.3. The summed E-state index contributed by atoms with van der Waals surface area (Å²) >= 11 is 0. The molecule has 0 radical (unpaired) electrons. The maximum Gasteiger partial charge on any atom is 0.317 e. The van der Waals surface area contributed by atoms with Crippen molar-refractivity contribution in [1.82, 2.24) is 4.31 Å². The third kappa shape index (κ3) is 3.87. The fourth-order valence-corrected chi connectivity index (χ4v) is 6.59. The van der Waals surface area contributed by atoms with Crippen molar-refractivity contribution in [1.29, 1.82) is 0 Å². The number of carbonyl (C=O) groups excluding carboxylic acids is 2. The molecule has 1 aliphatic carbocycles. The second-order valence-electron chi connectivity index (χ2n) is 8.59. The largest absolute Gasteiger partial charge is 0.469 e. The Bertz CT molecular complexity index is 1180. The first-order valence-corrected chi connectivity index (χ1v) is 12.2. The molecule has 2 aromatic carbocycles. The molecule has 4 rings (SSSR count). The summed E-state index contributed by atoms with van der Waals surface area (Å²) in [6.45, 7) is 1.77. The third-order valence-electron chi connectivity index (χ3n) is 6.80. The molecule has 2 aliphatic rings. The van der Waals surface area contributed by atoms with Crippen molar-refractivity contribution in [3.8, 4) is 0 Å². The number of fused-ring (bicyclic) bond motifs is 1. The normalized spacial score (nSPS) is 27.1. The molecule has 0 unspecified atom stereocenters. The monoisotopic (exact) mass is 469 g/mol. The van der Waals surface area contributed by atoms with Gasteiger partial charge in [0, 0.05) is 24.9 Å². The lowest BCUT2D eigenvalue weighted by molar-refractivity contribution is -0.157. The van der Waals surface area contributed by atoms with Gasteiger partial charge in [-0.3, -0.25) is 9.59 Å². The number of hydrogen-bond acceptors (Lipinski definition) is 6. The Morgan fingerprint density at radius 1 is 1.00 bits per heavy atom. The lowest BCUT2D eigenvalue weighted by atomic mass is 9.62. The number of ether oxygens (including phenoxy) is 2. The van der Waals surface area contributed by atoms with Crippen molar-refractivity contribution >= 4 is 22.0 Å². The molecule has 0 bridgehead atoms. The van der Waals surface area contributed by atoms with E-state index in [1.165, 1.54) is 18.5 Å². The van der Waals surface area contributed by atoms with Crippen LogP contribution in [0.3, 0.4) is 0 Å². The van der Waals surface area contributed by atoms with Gasteiger partial charge in [-0.25, -0.2) is 8.42 Å². The molecule has 4 atom stereocenters. The maximum absolute atomic E-state index is 13.5. The smallest absolute Gasteiger partial charge is 0.317 e. The van der Waals surface area contributed by atoms with Crippen LogP contribution in [0.15, 0.2) is 71.6 Å². The SMILES string of the molecule is COC(=O)[C@H]1[C@@H](c2ccccc2)C=C[C@]2(C(=O)OC)CN(S(=O)(=O)c3ccc(C)cc3)C[C@H]12. The lowest BCUT2D eigenvalue weighted by Crippen LogP contribution is -2.47. The van der Waals surface area contributed by atoms with E-state index >= 15 is 0 Å². The molecule has 0 amide bonds. The van der Waals surface area contributed by atoms with Crippen molar-refractivity contribution < 1.29 is 27.5 Å². The molecule has 0 saturated carbocycles. The summed E-state index contributed by atoms with van der Waals surface area (Å²) < 4.78 is 38.5. The Morgan fingerprint density at radius 3 is 2.27 bits per heavy atom. The average molecular weight is 470 g/mol. The molecule has 7 nitrogen and oxygen atoms in total. The van der Waals surface area contributed by atoms with Crippen LogP contribution in [0, 0.1) is 24.2 Å². The summed E-state index contributed by atoms with van der Waals surface area (Å²) in [7, 11) is -1.31. The fourth-order valence-electron chi connectivity index (χ4n) is 5.07. The molecule has 8 heteroatoms. The van der Waals surface area contributed by atoms with E-state index in [9.17, 15) is 18.0 Å². The van der Waals surface area contributed by atoms with Crippen LogP contribution in [-0.4, -0.2) is 52.0 Å². The highest BCUT2D eigenvalue weighted by molar-refractivity contribution is 7.89. The number of rotatable bonds is 5. The maximum atomic E-state index is 13.5. The van der Waals surface area contributed by atoms with Crippen LogP contribution in [0.1, 0.15) is 17.0 Å². The topological polar surface area (TPSA) is 90.0 Å². The number of esters is 2. The Balaban J connectivity index is 1.81. The van der Waals surface area contributed by atoms with Gasteiger partial charge in [-0.15, -0.1) is 0 Å². The van der Waals surface area contributed by atoms with Gasteiger partial charge >= 0.3 is 11.9 Å². The van der Waals surface area contributed by atoms with Gasteiger partial charge in [-0.05, 0) is 24.6 Å². The van der Waals surface area contributed by atoms with Gasteiger partial charge in [0.15, 0.2) is 0 Å². The summed E-state index contributed by atoms with van der Waals surface area (Å²) in [5, 5.41) is 0. The summed E-state index contributed by atoms with van der Waals surface area (Å²) in [6.07, 6.45) is 3.54. The Hall–Kier alpha value is -2.97. The van der Waals surface area contributed by atoms with Crippen molar-refractivity contribution in [2.75, 3.05) is 27.3 Å². The van der Waals surface area contributed by atoms with E-state index in [0.29, 0.717) is 0 Å². The first-order valence-electron chi connectivity index (χ1n) is 10.7. The Kier molecular flexibility index (Phi) is 6.16. The lowest BCUT2D eigenvalue weighted by Gasteiger charge is -2.40. The second kappa shape index (κ2) is 8.76. The molecule has 1 fully saturated rings. The predicted molar refractivity (Wildman–Crippen MR) is 122 cm³/mol. The van der Waals surface area contributed by atoms with Gasteiger partial charge in [-0.1, -0.05) is 60.2 Å². The molecule has 1 aliphatic heterocycles. The quantitative estimate of drug-likeness (QED) is 0.494. The van der Waals surface area contributed by atoms with Gasteiger partial charge in [0.1, 0.15) is 5.41 Å². The molecule has 2 aromatic rings. The molecule has 174 valence electrons. The fraction of sp³-hybridized carbons (Fsp3) is 0.360. The first kappa shape index (κ1) is 23.2. The van der Waals surface area contributed by atoms with Crippen molar-refractivity contribution in [2.24, 2.45) is 17.3 Å². The number of benzene rings is 2. The molecule has 33 heavy (non-hydrogen) atoms. The van der Waals surface area contributed by atoms with E-state index in [1.54, 1.807) is 30.3 Å². The van der Waals surface area contributed by atoms with Crippen molar-refractivity contribution in [3.63, 3.8) is 0 Å². The van der Waals surface area contributed by atoms with Gasteiger partial charge < -0.3 is 9.47 Å². The van der Waals surface area contributed by atoms with Crippen LogP contribution in [0.5, 0.6) is 0 Å². The number of nitrogens with zero attached hydrogens (tertiary/aromatic N) is 1. The zero-order chi connectivity index (χ0) is 23.8. The van der Waals surface area contributed by atoms with Crippen LogP contribution in [0.2, 0.25) is 0 Å². The van der Waals surface area contributed by atoms with Crippen LogP contribution in [0.25, 0.3) is 0 Å². The van der Waals surface area contributed by atoms with E-state index in [-0.39, 0.29) is 23.9 Å². The van der Waals surface area contributed by atoms with Crippen molar-refractivity contribution in [2.45, 2.75) is 17.7 Å². The minimum absolute atomic E-state index is 0.00124. The zero-order valence-electron chi connectivity index (χ0n) is 18.8. The number of allylic oxidation sites excluding steroid dienone is 1. The number of sulfonamides is 1. The van der Waals surface area contributed by atoms with E-state index in [2.05, 4.69) is 0 Å². The highest BCUT2D eigenvalue weighted by atomic mass is 32.2. The van der Waals surface area contributed by atoms with E-state index in [4.69, 9.17) is 9.47 Å². The molecule has 0 aromatic heterocycles. The summed E-state index contributed by atoms with van der Waals surface area (Å²) in [5.74, 6) is -2.80. The van der Waals surface area contributed by atoms with Gasteiger partial charge in [0.05, 0.1) is 25.0 Å². The molecule has 0 spiro atoms. The van der Waals surface area contributed by atoms with Gasteiger partial charge in [0.25, 0.3) is 0 Å². The second-order valence-corrected chi connectivity index (χ2v) is 10.5. The van der Waals surface area contributed by atoms with Gasteiger partial charge in [-0.2, -0.15) is 4.31 Å². The van der Waals surface area contributed by atoms with E-state index < -0.39 is 39.2 Å². The van der Waals surface area contributed by atoms with Crippen LogP contribution >= 0.6 is 0 Å². The van der Waals surface area contributed by atoms with E-state index in [0.717, 1.165) is 11.1 Å². The molecule has 0 N–H and O–H groups in total. The minimum atomic E-state index is -3.89. The molecular formula is C25H27NO6S. The van der Waals surface area contributed by atoms with Crippen LogP contribution in [-0.2, 0) is 29.1 Å². The average Bonchev–Trinajstić information content (AvgIpc) is 3.25. The Morgan fingerprint density at radius 2 is 1.67 bits per heavy atom. The highest BCUT2D eigenvalue weighted by Gasteiger charge is 2.61. The molecular weight excluding hydrogens is 442 g/mol. The highest BCUT2D eigenvalue weighted by Crippen LogP contribution is 2.52. The minimum Gasteiger partial charge on any atom is -0.469 e. The van der Waals surface area contributed by atoms with Crippen molar-refractivity contribution in [3.05, 3.63) is 77.9 Å². The molecule has 1 saturated heterocycles. The van der Waals surface area contributed by atoms with Crippen LogP contribution < -0.4 is 0 Å². The Labute approximate surface area is 194 Å². The predicted octanol–water partition coefficient (Wildman–Crippen LogP) is 2.92. The summed E-state index contributed by atoms with van der Waals surface area (Å²) in [5.41, 5.74) is 0.549. The van der Waals surface area contributed by atoms with Gasteiger partial charge in [0.2, 0.25) is 10.0 Å². The van der Waals surface area contributed by atoms with Crippen LogP contribution in [0.4, 0.5) is 0 Å². The first-order chi connectivity index (χ1) is 15.7. The number of methoxy groups -OCH3 is 2. The standard InChI is InChI=1S/C25H27NO6S/c1-17-9-11-19(12-10-17)33(29,30)26-15-21-22(23(27)31-2)20(18-7-5-4-6-8-18)13-14-25(21,16-26)24(28)32-3/h4-14,20-22H,15-16H2,1-3H3/t20-,21-,22+,25+/m1/s1. The third-order valence-corrected chi connectivity index (χ3v) is 8.63. The summed E-state index contributed by atoms with van der Waals surface area (Å²) in [6, 6.07) is 16.0.